The summed E-state index contributed by atoms with van der Waals surface area (Å²) >= 11 is 0. The van der Waals surface area contributed by atoms with Crippen LogP contribution in [0.1, 0.15) is 0 Å². The fraction of sp³-hybridized carbons (Fsp3) is 0.400. The molecule has 0 saturated carbocycles. The van der Waals surface area contributed by atoms with Crippen LogP contribution in [0.4, 0.5) is 0 Å². The van der Waals surface area contributed by atoms with Gasteiger partial charge in [0, 0.05) is 0 Å². The molecule has 60 valence electrons. The van der Waals surface area contributed by atoms with Crippen molar-refractivity contribution in [3.63, 3.8) is 0 Å². The van der Waals surface area contributed by atoms with E-state index in [4.69, 9.17) is 5.11 Å². The molecule has 1 unspecified atom stereocenters. The van der Waals surface area contributed by atoms with E-state index in [0.29, 0.717) is 0 Å². The molecule has 6 heteroatoms. The highest BCUT2D eigenvalue weighted by Gasteiger charge is 2.33. The molecule has 1 aliphatic heterocycles. The van der Waals surface area contributed by atoms with Crippen LogP contribution in [0.2, 0.25) is 0 Å². The van der Waals surface area contributed by atoms with Crippen LogP contribution < -0.4 is 0 Å². The molecule has 0 aromatic heterocycles. The number of cyclic esters (lactones) is 2. The number of rotatable bonds is 1. The van der Waals surface area contributed by atoms with Crippen LogP contribution in [-0.2, 0) is 23.9 Å². The highest BCUT2D eigenvalue weighted by atomic mass is 16.6. The lowest BCUT2D eigenvalue weighted by Crippen LogP contribution is -2.41. The molecule has 0 aromatic rings. The smallest absolute Gasteiger partial charge is 0.418 e. The predicted molar refractivity (Wildman–Crippen MR) is 28.5 cm³/mol. The van der Waals surface area contributed by atoms with E-state index in [1.54, 1.807) is 0 Å². The summed E-state index contributed by atoms with van der Waals surface area (Å²) in [5, 5.41) is 8.27. The molecule has 1 aliphatic rings. The zero-order valence-corrected chi connectivity index (χ0v) is 5.27. The van der Waals surface area contributed by atoms with Crippen molar-refractivity contribution in [2.24, 2.45) is 0 Å². The topological polar surface area (TPSA) is 89.9 Å². The molecule has 0 aliphatic carbocycles. The van der Waals surface area contributed by atoms with Crippen LogP contribution in [0.25, 0.3) is 0 Å². The van der Waals surface area contributed by atoms with Gasteiger partial charge < -0.3 is 14.6 Å². The maximum atomic E-state index is 10.3. The van der Waals surface area contributed by atoms with E-state index >= 15 is 0 Å². The Labute approximate surface area is 60.7 Å². The van der Waals surface area contributed by atoms with Crippen molar-refractivity contribution in [3.05, 3.63) is 0 Å². The monoisotopic (exact) mass is 160 g/mol. The molecule has 11 heavy (non-hydrogen) atoms. The third kappa shape index (κ3) is 1.46. The van der Waals surface area contributed by atoms with E-state index in [0.717, 1.165) is 0 Å². The first-order chi connectivity index (χ1) is 5.11. The van der Waals surface area contributed by atoms with Gasteiger partial charge in [0.25, 0.3) is 0 Å². The van der Waals surface area contributed by atoms with Gasteiger partial charge in [-0.3, -0.25) is 0 Å². The summed E-state index contributed by atoms with van der Waals surface area (Å²) in [5.41, 5.74) is 0. The summed E-state index contributed by atoms with van der Waals surface area (Å²) in [4.78, 5) is 30.8. The van der Waals surface area contributed by atoms with Gasteiger partial charge in [-0.1, -0.05) is 0 Å². The normalized spacial score (nSPS) is 23.8. The van der Waals surface area contributed by atoms with Gasteiger partial charge in [-0.05, 0) is 0 Å². The van der Waals surface area contributed by atoms with E-state index in [1.165, 1.54) is 0 Å². The average Bonchev–Trinajstić information content (AvgIpc) is 1.94. The summed E-state index contributed by atoms with van der Waals surface area (Å²) in [6, 6.07) is 0. The number of carbonyl (C=O) groups excluding carboxylic acids is 2. The van der Waals surface area contributed by atoms with Gasteiger partial charge >= 0.3 is 17.9 Å². The van der Waals surface area contributed by atoms with E-state index in [-0.39, 0.29) is 0 Å². The molecule has 1 N–H and O–H groups in total. The quantitative estimate of drug-likeness (QED) is 0.372. The highest BCUT2D eigenvalue weighted by molar-refractivity contribution is 6.30. The first-order valence-corrected chi connectivity index (χ1v) is 2.72. The van der Waals surface area contributed by atoms with E-state index < -0.39 is 30.6 Å². The van der Waals surface area contributed by atoms with Crippen LogP contribution in [0.3, 0.4) is 0 Å². The molecule has 1 heterocycles. The summed E-state index contributed by atoms with van der Waals surface area (Å²) in [6.45, 7) is -0.417. The van der Waals surface area contributed by atoms with Crippen molar-refractivity contribution in [1.82, 2.24) is 0 Å². The summed E-state index contributed by atoms with van der Waals surface area (Å²) in [6.07, 6.45) is -1.36. The Bertz CT molecular complexity index is 219. The molecule has 1 rings (SSSR count). The van der Waals surface area contributed by atoms with Crippen molar-refractivity contribution in [3.8, 4) is 0 Å². The molecule has 0 aromatic carbocycles. The lowest BCUT2D eigenvalue weighted by molar-refractivity contribution is -0.190. The Morgan fingerprint density at radius 3 is 2.55 bits per heavy atom. The second-order valence-corrected chi connectivity index (χ2v) is 1.83. The molecular weight excluding hydrogens is 156 g/mol. The Hall–Kier alpha value is -1.59. The molecule has 1 atom stereocenters. The summed E-state index contributed by atoms with van der Waals surface area (Å²) < 4.78 is 8.32. The van der Waals surface area contributed by atoms with Gasteiger partial charge in [0.2, 0.25) is 6.10 Å². The number of hydrogen-bond donors (Lipinski definition) is 1. The van der Waals surface area contributed by atoms with Crippen LogP contribution in [-0.4, -0.2) is 35.7 Å². The Morgan fingerprint density at radius 1 is 1.45 bits per heavy atom. The minimum atomic E-state index is -1.36. The Kier molecular flexibility index (Phi) is 1.75. The molecule has 0 radical (unpaired) electrons. The maximum Gasteiger partial charge on any atom is 0.418 e. The molecule has 0 bridgehead atoms. The zero-order chi connectivity index (χ0) is 8.43. The van der Waals surface area contributed by atoms with Gasteiger partial charge in [0.15, 0.2) is 0 Å². The van der Waals surface area contributed by atoms with E-state index in [2.05, 4.69) is 9.47 Å². The number of carboxylic acids is 1. The molecule has 1 fully saturated rings. The van der Waals surface area contributed by atoms with Crippen molar-refractivity contribution in [2.75, 3.05) is 6.61 Å². The number of carbonyl (C=O) groups is 3. The number of esters is 2. The lowest BCUT2D eigenvalue weighted by Gasteiger charge is -2.17. The third-order valence-electron chi connectivity index (χ3n) is 1.06. The summed E-state index contributed by atoms with van der Waals surface area (Å²) in [5.74, 6) is -3.74. The minimum Gasteiger partial charge on any atom is -0.478 e. The second-order valence-electron chi connectivity index (χ2n) is 1.83. The van der Waals surface area contributed by atoms with Crippen LogP contribution in [0.5, 0.6) is 0 Å². The zero-order valence-electron chi connectivity index (χ0n) is 5.27. The first kappa shape index (κ1) is 7.52. The fourth-order valence-electron chi connectivity index (χ4n) is 0.543. The summed E-state index contributed by atoms with van der Waals surface area (Å²) in [7, 11) is 0. The van der Waals surface area contributed by atoms with Crippen LogP contribution in [0, 0.1) is 0 Å². The first-order valence-electron chi connectivity index (χ1n) is 2.72. The van der Waals surface area contributed by atoms with Crippen molar-refractivity contribution >= 4 is 17.9 Å². The predicted octanol–water partition coefficient (Wildman–Crippen LogP) is -1.46. The molecule has 6 nitrogen and oxygen atoms in total. The Morgan fingerprint density at radius 2 is 2.09 bits per heavy atom. The number of hydrogen-bond acceptors (Lipinski definition) is 5. The minimum absolute atomic E-state index is 0.417. The van der Waals surface area contributed by atoms with Gasteiger partial charge in [-0.25, -0.2) is 14.4 Å². The molecule has 0 amide bonds. The van der Waals surface area contributed by atoms with Gasteiger partial charge in [0.05, 0.1) is 0 Å². The number of ether oxygens (including phenoxy) is 2. The van der Waals surface area contributed by atoms with Crippen molar-refractivity contribution in [1.29, 1.82) is 0 Å². The second kappa shape index (κ2) is 2.57. The standard InChI is InChI=1S/C5H4O6/c6-3(7)2-1-10-4(8)5(9)11-2/h2H,1H2,(H,6,7). The highest BCUT2D eigenvalue weighted by Crippen LogP contribution is 2.02. The van der Waals surface area contributed by atoms with Gasteiger partial charge in [-0.2, -0.15) is 0 Å². The molecular formula is C5H4O6. The fourth-order valence-corrected chi connectivity index (χ4v) is 0.543. The molecule has 0 spiro atoms. The SMILES string of the molecule is O=C1OCC(C(=O)O)OC1=O. The van der Waals surface area contributed by atoms with E-state index in [9.17, 15) is 14.4 Å². The number of carboxylic acid groups (broad SMARTS) is 1. The van der Waals surface area contributed by atoms with Gasteiger partial charge in [0.1, 0.15) is 6.61 Å². The maximum absolute atomic E-state index is 10.3. The Balaban J connectivity index is 2.60. The van der Waals surface area contributed by atoms with Crippen molar-refractivity contribution < 1.29 is 29.0 Å². The van der Waals surface area contributed by atoms with Crippen LogP contribution >= 0.6 is 0 Å². The van der Waals surface area contributed by atoms with Gasteiger partial charge in [-0.15, -0.1) is 0 Å². The van der Waals surface area contributed by atoms with Crippen LogP contribution in [0.15, 0.2) is 0 Å². The number of aliphatic carboxylic acids is 1. The largest absolute Gasteiger partial charge is 0.478 e. The average molecular weight is 160 g/mol. The van der Waals surface area contributed by atoms with Crippen molar-refractivity contribution in [2.45, 2.75) is 6.10 Å². The lowest BCUT2D eigenvalue weighted by atomic mass is 10.3. The molecule has 1 saturated heterocycles. The third-order valence-corrected chi connectivity index (χ3v) is 1.06. The van der Waals surface area contributed by atoms with E-state index in [1.807, 2.05) is 0 Å².